The van der Waals surface area contributed by atoms with Gasteiger partial charge in [-0.15, -0.1) is 0 Å². The van der Waals surface area contributed by atoms with Crippen molar-refractivity contribution in [2.45, 2.75) is 34.6 Å². The highest BCUT2D eigenvalue weighted by atomic mass is 16.2. The van der Waals surface area contributed by atoms with Gasteiger partial charge in [0.15, 0.2) is 0 Å². The summed E-state index contributed by atoms with van der Waals surface area (Å²) in [5.41, 5.74) is 6.12. The van der Waals surface area contributed by atoms with Crippen LogP contribution in [-0.2, 0) is 0 Å². The number of hydrogen-bond acceptors (Lipinski definition) is 2. The lowest BCUT2D eigenvalue weighted by molar-refractivity contribution is 0.262. The molecule has 128 valence electrons. The standard InChI is InChI=1S/C20H27N3O/c1-6-23(7-2)17-9-11-19(16(5)13-17)22-20(24)21-18-10-8-14(3)12-15(18)4/h8-13H,6-7H2,1-5H3,(H2,21,22,24). The lowest BCUT2D eigenvalue weighted by atomic mass is 10.1. The Kier molecular flexibility index (Phi) is 5.85. The number of carbonyl (C=O) groups is 1. The van der Waals surface area contributed by atoms with E-state index in [-0.39, 0.29) is 6.03 Å². The molecule has 0 aliphatic heterocycles. The minimum atomic E-state index is -0.222. The largest absolute Gasteiger partial charge is 0.372 e. The Bertz CT molecular complexity index is 721. The summed E-state index contributed by atoms with van der Waals surface area (Å²) in [4.78, 5) is 14.6. The fourth-order valence-corrected chi connectivity index (χ4v) is 2.80. The number of urea groups is 1. The van der Waals surface area contributed by atoms with Crippen LogP contribution in [0.25, 0.3) is 0 Å². The highest BCUT2D eigenvalue weighted by Crippen LogP contribution is 2.23. The van der Waals surface area contributed by atoms with E-state index in [1.54, 1.807) is 0 Å². The Morgan fingerprint density at radius 1 is 0.875 bits per heavy atom. The SMILES string of the molecule is CCN(CC)c1ccc(NC(=O)Nc2ccc(C)cc2C)c(C)c1. The summed E-state index contributed by atoms with van der Waals surface area (Å²) in [6.07, 6.45) is 0. The molecule has 0 aliphatic carbocycles. The van der Waals surface area contributed by atoms with Crippen molar-refractivity contribution in [3.8, 4) is 0 Å². The Morgan fingerprint density at radius 3 is 1.92 bits per heavy atom. The molecule has 2 aromatic rings. The van der Waals surface area contributed by atoms with E-state index in [0.29, 0.717) is 0 Å². The van der Waals surface area contributed by atoms with E-state index >= 15 is 0 Å². The molecule has 2 N–H and O–H groups in total. The van der Waals surface area contributed by atoms with Gasteiger partial charge in [-0.3, -0.25) is 0 Å². The number of benzene rings is 2. The maximum absolute atomic E-state index is 12.3. The van der Waals surface area contributed by atoms with Crippen LogP contribution >= 0.6 is 0 Å². The molecule has 0 radical (unpaired) electrons. The average Bonchev–Trinajstić information content (AvgIpc) is 2.54. The van der Waals surface area contributed by atoms with Gasteiger partial charge in [-0.25, -0.2) is 4.79 Å². The van der Waals surface area contributed by atoms with Gasteiger partial charge in [0.05, 0.1) is 0 Å². The van der Waals surface area contributed by atoms with Crippen LogP contribution in [0.4, 0.5) is 21.9 Å². The minimum Gasteiger partial charge on any atom is -0.372 e. The normalized spacial score (nSPS) is 10.4. The maximum Gasteiger partial charge on any atom is 0.323 e. The number of aryl methyl sites for hydroxylation is 3. The second kappa shape index (κ2) is 7.86. The van der Waals surface area contributed by atoms with Gasteiger partial charge < -0.3 is 15.5 Å². The Hall–Kier alpha value is -2.49. The molecule has 4 nitrogen and oxygen atoms in total. The van der Waals surface area contributed by atoms with Gasteiger partial charge in [-0.2, -0.15) is 0 Å². The minimum absolute atomic E-state index is 0.222. The Labute approximate surface area is 144 Å². The second-order valence-corrected chi connectivity index (χ2v) is 6.07. The third-order valence-corrected chi connectivity index (χ3v) is 4.22. The van der Waals surface area contributed by atoms with Crippen LogP contribution < -0.4 is 15.5 Å². The van der Waals surface area contributed by atoms with Crippen LogP contribution in [0.15, 0.2) is 36.4 Å². The molecular weight excluding hydrogens is 298 g/mol. The third-order valence-electron chi connectivity index (χ3n) is 4.22. The zero-order chi connectivity index (χ0) is 17.7. The van der Waals surface area contributed by atoms with E-state index in [1.807, 2.05) is 45.0 Å². The maximum atomic E-state index is 12.3. The van der Waals surface area contributed by atoms with E-state index in [4.69, 9.17) is 0 Å². The molecule has 24 heavy (non-hydrogen) atoms. The number of hydrogen-bond donors (Lipinski definition) is 2. The molecule has 0 aromatic heterocycles. The van der Waals surface area contributed by atoms with Crippen molar-refractivity contribution in [3.05, 3.63) is 53.1 Å². The van der Waals surface area contributed by atoms with Crippen molar-refractivity contribution in [3.63, 3.8) is 0 Å². The molecule has 0 aliphatic rings. The lowest BCUT2D eigenvalue weighted by Gasteiger charge is -2.22. The molecule has 0 spiro atoms. The summed E-state index contributed by atoms with van der Waals surface area (Å²) in [6.45, 7) is 12.3. The number of nitrogens with one attached hydrogen (secondary N) is 2. The highest BCUT2D eigenvalue weighted by Gasteiger charge is 2.09. The van der Waals surface area contributed by atoms with Crippen LogP contribution in [0.2, 0.25) is 0 Å². The predicted octanol–water partition coefficient (Wildman–Crippen LogP) is 5.10. The van der Waals surface area contributed by atoms with Crippen molar-refractivity contribution in [2.75, 3.05) is 28.6 Å². The van der Waals surface area contributed by atoms with Crippen LogP contribution in [0.1, 0.15) is 30.5 Å². The van der Waals surface area contributed by atoms with Gasteiger partial charge in [0.25, 0.3) is 0 Å². The van der Waals surface area contributed by atoms with Crippen LogP contribution in [0.5, 0.6) is 0 Å². The van der Waals surface area contributed by atoms with E-state index in [2.05, 4.69) is 41.5 Å². The second-order valence-electron chi connectivity index (χ2n) is 6.07. The van der Waals surface area contributed by atoms with E-state index < -0.39 is 0 Å². The molecular formula is C20H27N3O. The van der Waals surface area contributed by atoms with Crippen molar-refractivity contribution in [1.29, 1.82) is 0 Å². The Morgan fingerprint density at radius 2 is 1.42 bits per heavy atom. The van der Waals surface area contributed by atoms with E-state index in [0.717, 1.165) is 35.6 Å². The fraction of sp³-hybridized carbons (Fsp3) is 0.350. The molecule has 4 heteroatoms. The summed E-state index contributed by atoms with van der Waals surface area (Å²) in [6, 6.07) is 11.9. The smallest absolute Gasteiger partial charge is 0.323 e. The van der Waals surface area contributed by atoms with Crippen molar-refractivity contribution in [1.82, 2.24) is 0 Å². The molecule has 0 fully saturated rings. The van der Waals surface area contributed by atoms with Crippen LogP contribution in [0, 0.1) is 20.8 Å². The van der Waals surface area contributed by atoms with Crippen LogP contribution in [0.3, 0.4) is 0 Å². The van der Waals surface area contributed by atoms with Gasteiger partial charge in [0, 0.05) is 30.2 Å². The summed E-state index contributed by atoms with van der Waals surface area (Å²) < 4.78 is 0. The van der Waals surface area contributed by atoms with E-state index in [1.165, 1.54) is 11.3 Å². The monoisotopic (exact) mass is 325 g/mol. The molecule has 0 saturated heterocycles. The zero-order valence-electron chi connectivity index (χ0n) is 15.2. The van der Waals surface area contributed by atoms with Gasteiger partial charge in [-0.1, -0.05) is 17.7 Å². The van der Waals surface area contributed by atoms with Crippen LogP contribution in [-0.4, -0.2) is 19.1 Å². The number of carbonyl (C=O) groups excluding carboxylic acids is 1. The lowest BCUT2D eigenvalue weighted by Crippen LogP contribution is -2.23. The molecule has 2 amide bonds. The zero-order valence-corrected chi connectivity index (χ0v) is 15.2. The fourth-order valence-electron chi connectivity index (χ4n) is 2.80. The molecule has 2 aromatic carbocycles. The van der Waals surface area contributed by atoms with Gasteiger partial charge >= 0.3 is 6.03 Å². The molecule has 0 heterocycles. The number of amides is 2. The summed E-state index contributed by atoms with van der Waals surface area (Å²) in [7, 11) is 0. The summed E-state index contributed by atoms with van der Waals surface area (Å²) in [5.74, 6) is 0. The van der Waals surface area contributed by atoms with Gasteiger partial charge in [0.1, 0.15) is 0 Å². The predicted molar refractivity (Wildman–Crippen MR) is 103 cm³/mol. The van der Waals surface area contributed by atoms with Gasteiger partial charge in [0.2, 0.25) is 0 Å². The average molecular weight is 325 g/mol. The third kappa shape index (κ3) is 4.28. The number of anilines is 3. The number of rotatable bonds is 5. The quantitative estimate of drug-likeness (QED) is 0.803. The molecule has 2 rings (SSSR count). The first kappa shape index (κ1) is 17.9. The first-order chi connectivity index (χ1) is 11.4. The first-order valence-corrected chi connectivity index (χ1v) is 8.45. The molecule has 0 bridgehead atoms. The van der Waals surface area contributed by atoms with Crippen molar-refractivity contribution in [2.24, 2.45) is 0 Å². The summed E-state index contributed by atoms with van der Waals surface area (Å²) in [5, 5.41) is 5.85. The molecule has 0 saturated carbocycles. The first-order valence-electron chi connectivity index (χ1n) is 8.45. The van der Waals surface area contributed by atoms with E-state index in [9.17, 15) is 4.79 Å². The topological polar surface area (TPSA) is 44.4 Å². The van der Waals surface area contributed by atoms with Gasteiger partial charge in [-0.05, 0) is 70.0 Å². The molecule has 0 atom stereocenters. The number of nitrogens with zero attached hydrogens (tertiary/aromatic N) is 1. The van der Waals surface area contributed by atoms with Crippen molar-refractivity contribution >= 4 is 23.1 Å². The summed E-state index contributed by atoms with van der Waals surface area (Å²) >= 11 is 0. The highest BCUT2D eigenvalue weighted by molar-refractivity contribution is 6.00. The Balaban J connectivity index is 2.08. The molecule has 0 unspecified atom stereocenters. The van der Waals surface area contributed by atoms with Crippen molar-refractivity contribution < 1.29 is 4.79 Å².